The van der Waals surface area contributed by atoms with Crippen molar-refractivity contribution >= 4 is 11.8 Å². The van der Waals surface area contributed by atoms with Crippen molar-refractivity contribution in [1.82, 2.24) is 0 Å². The Labute approximate surface area is 161 Å². The topological polar surface area (TPSA) is 29.4 Å². The number of para-hydroxylation sites is 1. The Morgan fingerprint density at radius 3 is 1.37 bits per heavy atom. The highest BCUT2D eigenvalue weighted by Gasteiger charge is 2.17. The van der Waals surface area contributed by atoms with Crippen LogP contribution in [-0.2, 0) is 4.79 Å². The number of hydrogen-bond acceptors (Lipinski definition) is 2. The Bertz CT molecular complexity index is 964. The van der Waals surface area contributed by atoms with E-state index in [1.54, 1.807) is 6.08 Å². The fourth-order valence-corrected chi connectivity index (χ4v) is 4.32. The summed E-state index contributed by atoms with van der Waals surface area (Å²) in [5, 5.41) is 0. The molecule has 0 saturated carbocycles. The van der Waals surface area contributed by atoms with Gasteiger partial charge in [0.1, 0.15) is 0 Å². The molecule has 0 bridgehead atoms. The molecular formula is C25H25NO. The zero-order valence-corrected chi connectivity index (χ0v) is 16.9. The first-order valence-electron chi connectivity index (χ1n) is 9.20. The average Bonchev–Trinajstić information content (AvgIpc) is 2.55. The van der Waals surface area contributed by atoms with E-state index in [1.165, 1.54) is 33.4 Å². The molecule has 0 aromatic heterocycles. The summed E-state index contributed by atoms with van der Waals surface area (Å²) in [4.78, 5) is 15.5. The number of benzene rings is 3. The molecule has 0 aliphatic carbocycles. The fourth-order valence-electron chi connectivity index (χ4n) is 4.32. The van der Waals surface area contributed by atoms with Crippen LogP contribution in [0.25, 0.3) is 22.3 Å². The first-order valence-corrected chi connectivity index (χ1v) is 9.20. The summed E-state index contributed by atoms with van der Waals surface area (Å²) in [5.74, 6) is 0. The zero-order chi connectivity index (χ0) is 19.7. The standard InChI is InChI=1S/C25H25NO/c1-15-10-17(3)23(18(4)11-15)21-8-7-9-22(25(21)26-14-27)24-19(5)12-16(2)13-20(24)6/h7-13H,1-6H3. The Morgan fingerprint density at radius 2 is 1.04 bits per heavy atom. The molecule has 0 amide bonds. The van der Waals surface area contributed by atoms with E-state index in [9.17, 15) is 4.79 Å². The minimum Gasteiger partial charge on any atom is -0.211 e. The van der Waals surface area contributed by atoms with Crippen LogP contribution in [0.5, 0.6) is 0 Å². The van der Waals surface area contributed by atoms with Crippen molar-refractivity contribution in [2.24, 2.45) is 4.99 Å². The van der Waals surface area contributed by atoms with Gasteiger partial charge in [-0.3, -0.25) is 0 Å². The molecule has 0 fully saturated rings. The second-order valence-electron chi connectivity index (χ2n) is 7.45. The predicted molar refractivity (Wildman–Crippen MR) is 114 cm³/mol. The molecule has 0 heterocycles. The number of aliphatic imine (C=N–C) groups is 1. The molecule has 3 aromatic carbocycles. The van der Waals surface area contributed by atoms with Gasteiger partial charge >= 0.3 is 0 Å². The van der Waals surface area contributed by atoms with E-state index in [2.05, 4.69) is 70.8 Å². The van der Waals surface area contributed by atoms with Gasteiger partial charge in [0.2, 0.25) is 6.08 Å². The van der Waals surface area contributed by atoms with Crippen LogP contribution in [0.4, 0.5) is 5.69 Å². The normalized spacial score (nSPS) is 10.6. The third-order valence-electron chi connectivity index (χ3n) is 5.09. The fraction of sp³-hybridized carbons (Fsp3) is 0.240. The number of carbonyl (C=O) groups excluding carboxylic acids is 1. The maximum absolute atomic E-state index is 11.3. The highest BCUT2D eigenvalue weighted by atomic mass is 16.1. The van der Waals surface area contributed by atoms with Crippen molar-refractivity contribution < 1.29 is 4.79 Å². The SMILES string of the molecule is Cc1cc(C)c(-c2cccc(-c3c(C)cc(C)cc3C)c2N=C=O)c(C)c1. The minimum atomic E-state index is 0.692. The van der Waals surface area contributed by atoms with Crippen molar-refractivity contribution in [3.05, 3.63) is 75.8 Å². The Kier molecular flexibility index (Phi) is 5.12. The van der Waals surface area contributed by atoms with E-state index in [4.69, 9.17) is 0 Å². The van der Waals surface area contributed by atoms with E-state index in [-0.39, 0.29) is 0 Å². The molecule has 3 aromatic rings. The van der Waals surface area contributed by atoms with Crippen LogP contribution in [0, 0.1) is 41.5 Å². The van der Waals surface area contributed by atoms with Crippen LogP contribution in [0.1, 0.15) is 33.4 Å². The Hall–Kier alpha value is -2.96. The lowest BCUT2D eigenvalue weighted by Gasteiger charge is -2.18. The van der Waals surface area contributed by atoms with Crippen LogP contribution < -0.4 is 0 Å². The minimum absolute atomic E-state index is 0.692. The van der Waals surface area contributed by atoms with Crippen molar-refractivity contribution in [1.29, 1.82) is 0 Å². The molecule has 3 rings (SSSR count). The molecule has 0 spiro atoms. The first-order chi connectivity index (χ1) is 12.8. The van der Waals surface area contributed by atoms with Gasteiger partial charge in [0.05, 0.1) is 5.69 Å². The molecule has 2 nitrogen and oxygen atoms in total. The molecule has 0 aliphatic rings. The highest BCUT2D eigenvalue weighted by Crippen LogP contribution is 2.43. The number of nitrogens with zero attached hydrogens (tertiary/aromatic N) is 1. The monoisotopic (exact) mass is 355 g/mol. The van der Waals surface area contributed by atoms with E-state index in [0.29, 0.717) is 5.69 Å². The number of rotatable bonds is 3. The number of hydrogen-bond donors (Lipinski definition) is 0. The molecule has 2 heteroatoms. The van der Waals surface area contributed by atoms with Crippen LogP contribution in [-0.4, -0.2) is 6.08 Å². The van der Waals surface area contributed by atoms with Crippen LogP contribution >= 0.6 is 0 Å². The van der Waals surface area contributed by atoms with Crippen molar-refractivity contribution in [3.63, 3.8) is 0 Å². The van der Waals surface area contributed by atoms with Gasteiger partial charge in [0, 0.05) is 11.1 Å². The first kappa shape index (κ1) is 18.8. The third-order valence-corrected chi connectivity index (χ3v) is 5.09. The molecule has 0 radical (unpaired) electrons. The van der Waals surface area contributed by atoms with E-state index in [0.717, 1.165) is 22.3 Å². The van der Waals surface area contributed by atoms with Gasteiger partial charge in [-0.05, 0) is 74.9 Å². The molecule has 136 valence electrons. The maximum Gasteiger partial charge on any atom is 0.240 e. The van der Waals surface area contributed by atoms with Gasteiger partial charge in [-0.1, -0.05) is 53.6 Å². The summed E-state index contributed by atoms with van der Waals surface area (Å²) in [5.41, 5.74) is 12.1. The smallest absolute Gasteiger partial charge is 0.211 e. The molecule has 0 atom stereocenters. The largest absolute Gasteiger partial charge is 0.240 e. The van der Waals surface area contributed by atoms with Crippen molar-refractivity contribution in [2.75, 3.05) is 0 Å². The predicted octanol–water partition coefficient (Wildman–Crippen LogP) is 6.84. The van der Waals surface area contributed by atoms with E-state index < -0.39 is 0 Å². The van der Waals surface area contributed by atoms with Gasteiger partial charge in [0.25, 0.3) is 0 Å². The summed E-state index contributed by atoms with van der Waals surface area (Å²) >= 11 is 0. The van der Waals surface area contributed by atoms with Crippen LogP contribution in [0.3, 0.4) is 0 Å². The second-order valence-corrected chi connectivity index (χ2v) is 7.45. The third kappa shape index (κ3) is 3.49. The van der Waals surface area contributed by atoms with Gasteiger partial charge in [0.15, 0.2) is 0 Å². The highest BCUT2D eigenvalue weighted by molar-refractivity contribution is 5.93. The summed E-state index contributed by atoms with van der Waals surface area (Å²) in [7, 11) is 0. The van der Waals surface area contributed by atoms with Crippen LogP contribution in [0.2, 0.25) is 0 Å². The molecule has 0 saturated heterocycles. The average molecular weight is 355 g/mol. The summed E-state index contributed by atoms with van der Waals surface area (Å²) in [6.45, 7) is 12.6. The zero-order valence-electron chi connectivity index (χ0n) is 16.9. The molecular weight excluding hydrogens is 330 g/mol. The molecule has 0 N–H and O–H groups in total. The van der Waals surface area contributed by atoms with Crippen molar-refractivity contribution in [3.8, 4) is 22.3 Å². The van der Waals surface area contributed by atoms with Gasteiger partial charge < -0.3 is 0 Å². The Morgan fingerprint density at radius 1 is 0.667 bits per heavy atom. The van der Waals surface area contributed by atoms with E-state index in [1.807, 2.05) is 18.2 Å². The van der Waals surface area contributed by atoms with Crippen molar-refractivity contribution in [2.45, 2.75) is 41.5 Å². The van der Waals surface area contributed by atoms with Gasteiger partial charge in [-0.2, -0.15) is 4.99 Å². The molecule has 27 heavy (non-hydrogen) atoms. The maximum atomic E-state index is 11.3. The summed E-state index contributed by atoms with van der Waals surface area (Å²) < 4.78 is 0. The quantitative estimate of drug-likeness (QED) is 0.373. The summed E-state index contributed by atoms with van der Waals surface area (Å²) in [6, 6.07) is 14.8. The van der Waals surface area contributed by atoms with Crippen LogP contribution in [0.15, 0.2) is 47.5 Å². The molecule has 0 unspecified atom stereocenters. The number of aryl methyl sites for hydroxylation is 6. The molecule has 0 aliphatic heterocycles. The second kappa shape index (κ2) is 7.34. The lowest BCUT2D eigenvalue weighted by molar-refractivity contribution is 0.565. The number of isocyanates is 1. The lowest BCUT2D eigenvalue weighted by Crippen LogP contribution is -1.94. The lowest BCUT2D eigenvalue weighted by atomic mass is 9.87. The Balaban J connectivity index is 2.39. The van der Waals surface area contributed by atoms with Gasteiger partial charge in [-0.25, -0.2) is 4.79 Å². The van der Waals surface area contributed by atoms with Gasteiger partial charge in [-0.15, -0.1) is 0 Å². The van der Waals surface area contributed by atoms with E-state index >= 15 is 0 Å². The summed E-state index contributed by atoms with van der Waals surface area (Å²) in [6.07, 6.45) is 1.78.